The summed E-state index contributed by atoms with van der Waals surface area (Å²) in [4.78, 5) is 10.8. The van der Waals surface area contributed by atoms with Crippen molar-refractivity contribution >= 4 is 53.3 Å². The summed E-state index contributed by atoms with van der Waals surface area (Å²) in [7, 11) is 0. The van der Waals surface area contributed by atoms with E-state index in [9.17, 15) is 0 Å². The second-order valence-electron chi connectivity index (χ2n) is 14.6. The van der Waals surface area contributed by atoms with Crippen LogP contribution in [-0.4, -0.2) is 14.5 Å². The first kappa shape index (κ1) is 30.3. The Labute approximate surface area is 311 Å². The van der Waals surface area contributed by atoms with Crippen molar-refractivity contribution in [2.45, 2.75) is 19.3 Å². The van der Waals surface area contributed by atoms with Gasteiger partial charge in [-0.3, -0.25) is 4.57 Å². The minimum atomic E-state index is -0.0899. The predicted molar refractivity (Wildman–Crippen MR) is 223 cm³/mol. The maximum atomic E-state index is 5.48. The zero-order chi connectivity index (χ0) is 35.3. The van der Waals surface area contributed by atoms with Crippen LogP contribution in [0.5, 0.6) is 0 Å². The first-order valence-electron chi connectivity index (χ1n) is 18.2. The third-order valence-electron chi connectivity index (χ3n) is 11.3. The monoisotopic (exact) mass is 695 g/mol. The number of nitrogens with zero attached hydrogens (tertiary/aromatic N) is 3. The molecule has 0 saturated heterocycles. The number of rotatable bonds is 4. The molecule has 11 rings (SSSR count). The molecule has 7 aromatic carbocycles. The largest absolute Gasteiger partial charge is 0.294 e. The Kier molecular flexibility index (Phi) is 6.47. The lowest BCUT2D eigenvalue weighted by Gasteiger charge is -2.21. The van der Waals surface area contributed by atoms with Crippen molar-refractivity contribution in [2.24, 2.45) is 0 Å². The highest BCUT2D eigenvalue weighted by molar-refractivity contribution is 7.26. The molecule has 4 heteroatoms. The van der Waals surface area contributed by atoms with Crippen molar-refractivity contribution in [3.8, 4) is 50.7 Å². The summed E-state index contributed by atoms with van der Waals surface area (Å²) in [5, 5.41) is 4.96. The summed E-state index contributed by atoms with van der Waals surface area (Å²) in [6.07, 6.45) is 0. The molecule has 0 saturated carbocycles. The SMILES string of the molecule is CC1(C)c2ccccc2-c2cc3c(cc21)c1ccccc1n3-c1cc(-c2ccc(-c3ccccc3)cc2)nc(-c2cccc3c2sc2ccccc23)n1. The van der Waals surface area contributed by atoms with Crippen molar-refractivity contribution in [3.63, 3.8) is 0 Å². The summed E-state index contributed by atoms with van der Waals surface area (Å²) in [6.45, 7) is 4.70. The van der Waals surface area contributed by atoms with Gasteiger partial charge in [-0.1, -0.05) is 141 Å². The van der Waals surface area contributed by atoms with Gasteiger partial charge in [-0.15, -0.1) is 11.3 Å². The van der Waals surface area contributed by atoms with Crippen molar-refractivity contribution in [1.29, 1.82) is 0 Å². The first-order chi connectivity index (χ1) is 26.0. The van der Waals surface area contributed by atoms with Gasteiger partial charge in [-0.05, 0) is 63.7 Å². The molecular weight excluding hydrogens is 663 g/mol. The third-order valence-corrected chi connectivity index (χ3v) is 12.5. The molecule has 0 spiro atoms. The van der Waals surface area contributed by atoms with Crippen LogP contribution in [-0.2, 0) is 5.41 Å². The summed E-state index contributed by atoms with van der Waals surface area (Å²) in [5.74, 6) is 1.58. The standard InChI is InChI=1S/C49H33N3S/c1-49(2)40-20-9-6-15-33(40)38-28-44-39(27-41(38)49)34-16-7-10-21-43(34)52(44)46-29-42(32-25-23-31(24-26-32)30-13-4-3-5-14-30)50-48(51-46)37-19-12-18-36-35-17-8-11-22-45(35)53-47(36)37/h3-29H,1-2H3. The van der Waals surface area contributed by atoms with Gasteiger partial charge in [0.25, 0.3) is 0 Å². The molecule has 3 heterocycles. The van der Waals surface area contributed by atoms with Gasteiger partial charge in [0.1, 0.15) is 5.82 Å². The predicted octanol–water partition coefficient (Wildman–Crippen LogP) is 13.2. The summed E-state index contributed by atoms with van der Waals surface area (Å²) in [5.41, 5.74) is 12.9. The van der Waals surface area contributed by atoms with Gasteiger partial charge in [0, 0.05) is 53.6 Å². The van der Waals surface area contributed by atoms with Crippen LogP contribution in [0.3, 0.4) is 0 Å². The van der Waals surface area contributed by atoms with E-state index in [0.717, 1.165) is 39.5 Å². The first-order valence-corrected chi connectivity index (χ1v) is 19.0. The topological polar surface area (TPSA) is 30.7 Å². The molecule has 0 aliphatic heterocycles. The fraction of sp³-hybridized carbons (Fsp3) is 0.0612. The van der Waals surface area contributed by atoms with E-state index in [1.54, 1.807) is 0 Å². The van der Waals surface area contributed by atoms with Crippen LogP contribution in [0.25, 0.3) is 92.7 Å². The Morgan fingerprint density at radius 1 is 0.472 bits per heavy atom. The fourth-order valence-corrected chi connectivity index (χ4v) is 9.83. The molecular formula is C49H33N3S. The summed E-state index contributed by atoms with van der Waals surface area (Å²) < 4.78 is 4.83. The lowest BCUT2D eigenvalue weighted by molar-refractivity contribution is 0.661. The number of thiophene rings is 1. The van der Waals surface area contributed by atoms with E-state index in [2.05, 4.69) is 182 Å². The van der Waals surface area contributed by atoms with E-state index >= 15 is 0 Å². The van der Waals surface area contributed by atoms with Gasteiger partial charge in [0.05, 0.1) is 16.7 Å². The van der Waals surface area contributed by atoms with Gasteiger partial charge in [0.2, 0.25) is 0 Å². The van der Waals surface area contributed by atoms with Crippen molar-refractivity contribution in [3.05, 3.63) is 175 Å². The van der Waals surface area contributed by atoms with Gasteiger partial charge in [0.15, 0.2) is 5.82 Å². The second kappa shape index (κ2) is 11.3. The molecule has 3 nitrogen and oxygen atoms in total. The Hall–Kier alpha value is -6.36. The van der Waals surface area contributed by atoms with Crippen molar-refractivity contribution < 1.29 is 0 Å². The van der Waals surface area contributed by atoms with Gasteiger partial charge in [-0.2, -0.15) is 0 Å². The average Bonchev–Trinajstić information content (AvgIpc) is 3.83. The molecule has 0 amide bonds. The molecule has 250 valence electrons. The highest BCUT2D eigenvalue weighted by atomic mass is 32.1. The smallest absolute Gasteiger partial charge is 0.163 e. The Balaban J connectivity index is 1.19. The lowest BCUT2D eigenvalue weighted by atomic mass is 9.82. The van der Waals surface area contributed by atoms with E-state index < -0.39 is 0 Å². The van der Waals surface area contributed by atoms with Crippen LogP contribution in [0.15, 0.2) is 164 Å². The average molecular weight is 696 g/mol. The van der Waals surface area contributed by atoms with Crippen LogP contribution in [0, 0.1) is 0 Å². The number of aromatic nitrogens is 3. The van der Waals surface area contributed by atoms with Crippen molar-refractivity contribution in [1.82, 2.24) is 14.5 Å². The minimum absolute atomic E-state index is 0.0899. The molecule has 0 unspecified atom stereocenters. The van der Waals surface area contributed by atoms with E-state index in [1.165, 1.54) is 64.3 Å². The number of fused-ring (bicyclic) bond motifs is 9. The zero-order valence-corrected chi connectivity index (χ0v) is 30.2. The highest BCUT2D eigenvalue weighted by Gasteiger charge is 2.36. The summed E-state index contributed by atoms with van der Waals surface area (Å²) in [6, 6.07) is 59.1. The minimum Gasteiger partial charge on any atom is -0.294 e. The van der Waals surface area contributed by atoms with Crippen molar-refractivity contribution in [2.75, 3.05) is 0 Å². The third kappa shape index (κ3) is 4.52. The highest BCUT2D eigenvalue weighted by Crippen LogP contribution is 2.51. The molecule has 0 N–H and O–H groups in total. The lowest BCUT2D eigenvalue weighted by Crippen LogP contribution is -2.14. The normalized spacial score (nSPS) is 13.2. The van der Waals surface area contributed by atoms with E-state index in [4.69, 9.17) is 9.97 Å². The maximum absolute atomic E-state index is 5.48. The van der Waals surface area contributed by atoms with E-state index in [-0.39, 0.29) is 5.41 Å². The zero-order valence-electron chi connectivity index (χ0n) is 29.3. The molecule has 3 aromatic heterocycles. The Morgan fingerprint density at radius 3 is 2.02 bits per heavy atom. The molecule has 0 bridgehead atoms. The van der Waals surface area contributed by atoms with E-state index in [1.807, 2.05) is 11.3 Å². The fourth-order valence-electron chi connectivity index (χ4n) is 8.61. The molecule has 10 aromatic rings. The van der Waals surface area contributed by atoms with Gasteiger partial charge in [-0.25, -0.2) is 9.97 Å². The van der Waals surface area contributed by atoms with Gasteiger partial charge < -0.3 is 0 Å². The Morgan fingerprint density at radius 2 is 1.15 bits per heavy atom. The molecule has 0 radical (unpaired) electrons. The molecule has 1 aliphatic rings. The van der Waals surface area contributed by atoms with Crippen LogP contribution < -0.4 is 0 Å². The number of hydrogen-bond acceptors (Lipinski definition) is 3. The molecule has 0 fully saturated rings. The number of para-hydroxylation sites is 1. The van der Waals surface area contributed by atoms with E-state index in [0.29, 0.717) is 0 Å². The molecule has 0 atom stereocenters. The second-order valence-corrected chi connectivity index (χ2v) is 15.6. The van der Waals surface area contributed by atoms with Gasteiger partial charge >= 0.3 is 0 Å². The van der Waals surface area contributed by atoms with Crippen LogP contribution in [0.4, 0.5) is 0 Å². The van der Waals surface area contributed by atoms with Crippen LogP contribution >= 0.6 is 11.3 Å². The molecule has 53 heavy (non-hydrogen) atoms. The Bertz CT molecular complexity index is 3080. The number of benzene rings is 7. The maximum Gasteiger partial charge on any atom is 0.163 e. The number of hydrogen-bond donors (Lipinski definition) is 0. The van der Waals surface area contributed by atoms with Crippen LogP contribution in [0.1, 0.15) is 25.0 Å². The quantitative estimate of drug-likeness (QED) is 0.183. The summed E-state index contributed by atoms with van der Waals surface area (Å²) >= 11 is 1.81. The van der Waals surface area contributed by atoms with Crippen LogP contribution in [0.2, 0.25) is 0 Å². The molecule has 1 aliphatic carbocycles.